The summed E-state index contributed by atoms with van der Waals surface area (Å²) in [6, 6.07) is 34.8. The van der Waals surface area contributed by atoms with E-state index >= 15 is 0 Å². The molecule has 0 aliphatic rings. The Bertz CT molecular complexity index is 1910. The molecule has 1 N–H and O–H groups in total. The third kappa shape index (κ3) is 4.97. The quantitative estimate of drug-likeness (QED) is 0.237. The van der Waals surface area contributed by atoms with Gasteiger partial charge in [-0.3, -0.25) is 0 Å². The third-order valence-corrected chi connectivity index (χ3v) is 6.43. The van der Waals surface area contributed by atoms with Crippen LogP contribution in [0, 0.1) is 0 Å². The number of aromatic nitrogens is 7. The first kappa shape index (κ1) is 24.2. The lowest BCUT2D eigenvalue weighted by Crippen LogP contribution is -2.01. The Morgan fingerprint density at radius 1 is 0.537 bits per heavy atom. The summed E-state index contributed by atoms with van der Waals surface area (Å²) >= 11 is 0. The number of nitrogens with zero attached hydrogens (tertiary/aromatic N) is 7. The van der Waals surface area contributed by atoms with Gasteiger partial charge < -0.3 is 14.2 Å². The van der Waals surface area contributed by atoms with E-state index in [0.717, 1.165) is 39.3 Å². The van der Waals surface area contributed by atoms with Crippen LogP contribution in [0.5, 0.6) is 0 Å². The molecule has 7 rings (SSSR count). The molecular weight excluding hydrogens is 516 g/mol. The van der Waals surface area contributed by atoms with E-state index in [0.29, 0.717) is 30.1 Å². The van der Waals surface area contributed by atoms with Crippen LogP contribution < -0.4 is 5.32 Å². The van der Waals surface area contributed by atoms with Crippen LogP contribution in [-0.4, -0.2) is 35.4 Å². The molecule has 3 heterocycles. The van der Waals surface area contributed by atoms with Crippen molar-refractivity contribution in [2.24, 2.45) is 0 Å². The molecule has 3 aromatic heterocycles. The first-order chi connectivity index (χ1) is 20.3. The molecule has 0 fully saturated rings. The average Bonchev–Trinajstić information content (AvgIpc) is 3.83. The Morgan fingerprint density at radius 2 is 1.07 bits per heavy atom. The van der Waals surface area contributed by atoms with Gasteiger partial charge in [-0.05, 0) is 48.5 Å². The van der Waals surface area contributed by atoms with E-state index in [9.17, 15) is 0 Å². The zero-order chi connectivity index (χ0) is 27.4. The molecule has 198 valence electrons. The summed E-state index contributed by atoms with van der Waals surface area (Å²) in [5, 5.41) is 29.2. The van der Waals surface area contributed by atoms with Crippen LogP contribution in [0.4, 0.5) is 5.69 Å². The standard InChI is InChI=1S/C31H22N8O2/c1-3-11-21(12-4-1)28-34-36-30(40-28)24-15-7-9-17-26(24)32-19-23-20-39(38-33-23)27-18-10-8-16-25(27)31-37-35-29(41-31)22-13-5-2-6-14-22/h1-18,20,32H,19H2. The van der Waals surface area contributed by atoms with Crippen LogP contribution in [0.2, 0.25) is 0 Å². The molecule has 41 heavy (non-hydrogen) atoms. The van der Waals surface area contributed by atoms with Crippen LogP contribution in [0.25, 0.3) is 51.5 Å². The Labute approximate surface area is 234 Å². The lowest BCUT2D eigenvalue weighted by Gasteiger charge is -2.08. The summed E-state index contributed by atoms with van der Waals surface area (Å²) in [6.07, 6.45) is 1.86. The number of benzene rings is 4. The summed E-state index contributed by atoms with van der Waals surface area (Å²) in [5.41, 5.74) is 5.62. The van der Waals surface area contributed by atoms with Crippen molar-refractivity contribution in [2.45, 2.75) is 6.54 Å². The molecule has 0 bridgehead atoms. The van der Waals surface area contributed by atoms with Crippen molar-refractivity contribution in [3.8, 4) is 51.5 Å². The minimum Gasteiger partial charge on any atom is -0.416 e. The van der Waals surface area contributed by atoms with Gasteiger partial charge in [0.05, 0.1) is 29.6 Å². The summed E-state index contributed by atoms with van der Waals surface area (Å²) in [7, 11) is 0. The minimum absolute atomic E-state index is 0.401. The third-order valence-electron chi connectivity index (χ3n) is 6.43. The van der Waals surface area contributed by atoms with Crippen molar-refractivity contribution >= 4 is 5.69 Å². The topological polar surface area (TPSA) is 121 Å². The van der Waals surface area contributed by atoms with E-state index < -0.39 is 0 Å². The molecule has 0 atom stereocenters. The smallest absolute Gasteiger partial charge is 0.250 e. The molecule has 0 spiro atoms. The molecule has 0 saturated heterocycles. The van der Waals surface area contributed by atoms with Gasteiger partial charge in [0.25, 0.3) is 0 Å². The highest BCUT2D eigenvalue weighted by Crippen LogP contribution is 2.30. The first-order valence-electron chi connectivity index (χ1n) is 12.9. The lowest BCUT2D eigenvalue weighted by atomic mass is 10.1. The normalized spacial score (nSPS) is 11.0. The minimum atomic E-state index is 0.401. The van der Waals surface area contributed by atoms with Crippen molar-refractivity contribution in [1.29, 1.82) is 0 Å². The predicted molar refractivity (Wildman–Crippen MR) is 153 cm³/mol. The summed E-state index contributed by atoms with van der Waals surface area (Å²) in [6.45, 7) is 0.428. The zero-order valence-corrected chi connectivity index (χ0v) is 21.6. The van der Waals surface area contributed by atoms with E-state index in [2.05, 4.69) is 36.0 Å². The van der Waals surface area contributed by atoms with Crippen LogP contribution in [0.1, 0.15) is 5.69 Å². The van der Waals surface area contributed by atoms with Gasteiger partial charge in [-0.2, -0.15) is 0 Å². The molecule has 0 aliphatic carbocycles. The first-order valence-corrected chi connectivity index (χ1v) is 12.9. The molecule has 0 amide bonds. The number of para-hydroxylation sites is 2. The van der Waals surface area contributed by atoms with Crippen molar-refractivity contribution in [3.63, 3.8) is 0 Å². The van der Waals surface area contributed by atoms with E-state index in [1.807, 2.05) is 115 Å². The van der Waals surface area contributed by atoms with Crippen LogP contribution in [-0.2, 0) is 6.54 Å². The van der Waals surface area contributed by atoms with Crippen LogP contribution >= 0.6 is 0 Å². The van der Waals surface area contributed by atoms with Crippen LogP contribution in [0.3, 0.4) is 0 Å². The molecule has 4 aromatic carbocycles. The summed E-state index contributed by atoms with van der Waals surface area (Å²) in [5.74, 6) is 1.75. The van der Waals surface area contributed by atoms with Gasteiger partial charge in [0.2, 0.25) is 23.6 Å². The highest BCUT2D eigenvalue weighted by molar-refractivity contribution is 5.73. The second-order valence-electron chi connectivity index (χ2n) is 9.13. The van der Waals surface area contributed by atoms with E-state index in [1.54, 1.807) is 4.68 Å². The maximum atomic E-state index is 6.00. The van der Waals surface area contributed by atoms with E-state index in [4.69, 9.17) is 8.83 Å². The highest BCUT2D eigenvalue weighted by atomic mass is 16.4. The Balaban J connectivity index is 1.11. The number of rotatable bonds is 8. The zero-order valence-electron chi connectivity index (χ0n) is 21.6. The fourth-order valence-electron chi connectivity index (χ4n) is 4.42. The fraction of sp³-hybridized carbons (Fsp3) is 0.0323. The molecule has 10 heteroatoms. The van der Waals surface area contributed by atoms with Gasteiger partial charge in [0.15, 0.2) is 0 Å². The fourth-order valence-corrected chi connectivity index (χ4v) is 4.42. The Kier molecular flexibility index (Phi) is 6.30. The van der Waals surface area contributed by atoms with Crippen molar-refractivity contribution in [2.75, 3.05) is 5.32 Å². The average molecular weight is 539 g/mol. The molecule has 7 aromatic rings. The van der Waals surface area contributed by atoms with Crippen LogP contribution in [0.15, 0.2) is 124 Å². The second-order valence-corrected chi connectivity index (χ2v) is 9.13. The largest absolute Gasteiger partial charge is 0.416 e. The molecule has 10 nitrogen and oxygen atoms in total. The van der Waals surface area contributed by atoms with Crippen molar-refractivity contribution in [3.05, 3.63) is 121 Å². The Morgan fingerprint density at radius 3 is 1.76 bits per heavy atom. The lowest BCUT2D eigenvalue weighted by molar-refractivity contribution is 0.583. The van der Waals surface area contributed by atoms with Gasteiger partial charge >= 0.3 is 0 Å². The predicted octanol–water partition coefficient (Wildman–Crippen LogP) is 6.31. The molecular formula is C31H22N8O2. The van der Waals surface area contributed by atoms with Crippen molar-refractivity contribution < 1.29 is 8.83 Å². The molecule has 0 radical (unpaired) electrons. The van der Waals surface area contributed by atoms with Gasteiger partial charge in [0.1, 0.15) is 5.69 Å². The highest BCUT2D eigenvalue weighted by Gasteiger charge is 2.17. The van der Waals surface area contributed by atoms with Crippen molar-refractivity contribution in [1.82, 2.24) is 35.4 Å². The summed E-state index contributed by atoms with van der Waals surface area (Å²) < 4.78 is 13.7. The Hall–Kier alpha value is -5.90. The van der Waals surface area contributed by atoms with Gasteiger partial charge in [-0.1, -0.05) is 65.9 Å². The number of nitrogens with one attached hydrogen (secondary N) is 1. The number of hydrogen-bond donors (Lipinski definition) is 1. The maximum absolute atomic E-state index is 6.00. The van der Waals surface area contributed by atoms with E-state index in [1.165, 1.54) is 0 Å². The summed E-state index contributed by atoms with van der Waals surface area (Å²) in [4.78, 5) is 0. The van der Waals surface area contributed by atoms with Gasteiger partial charge in [-0.15, -0.1) is 25.5 Å². The second kappa shape index (κ2) is 10.7. The number of anilines is 1. The number of hydrogen-bond acceptors (Lipinski definition) is 9. The van der Waals surface area contributed by atoms with Gasteiger partial charge in [0, 0.05) is 16.8 Å². The maximum Gasteiger partial charge on any atom is 0.250 e. The molecule has 0 unspecified atom stereocenters. The monoisotopic (exact) mass is 538 g/mol. The van der Waals surface area contributed by atoms with E-state index in [-0.39, 0.29) is 0 Å². The van der Waals surface area contributed by atoms with Gasteiger partial charge in [-0.25, -0.2) is 4.68 Å². The molecule has 0 aliphatic heterocycles. The molecule has 0 saturated carbocycles. The SMILES string of the molecule is c1ccc(-c2nnc(-c3ccccc3NCc3cn(-c4ccccc4-c4nnc(-c5ccccc5)o4)nn3)o2)cc1.